The lowest BCUT2D eigenvalue weighted by Gasteiger charge is -2.64. The van der Waals surface area contributed by atoms with E-state index in [1.54, 1.807) is 0 Å². The molecule has 0 aromatic rings. The molecule has 1 aliphatic heterocycles. The van der Waals surface area contributed by atoms with Gasteiger partial charge in [0.25, 0.3) is 0 Å². The zero-order chi connectivity index (χ0) is 22.9. The number of esters is 1. The number of hydrogen-bond acceptors (Lipinski definition) is 5. The summed E-state index contributed by atoms with van der Waals surface area (Å²) in [5, 5.41) is 0.0789. The minimum Gasteiger partial charge on any atom is -0.463 e. The Hall–Kier alpha value is -0.693. The van der Waals surface area contributed by atoms with Crippen molar-refractivity contribution in [1.29, 1.82) is 0 Å². The first-order valence-electron chi connectivity index (χ1n) is 12.1. The number of carbonyl (C=O) groups is 1. The van der Waals surface area contributed by atoms with E-state index in [1.165, 1.54) is 0 Å². The van der Waals surface area contributed by atoms with Crippen LogP contribution in [0.15, 0.2) is 11.6 Å². The highest BCUT2D eigenvalue weighted by Crippen LogP contribution is 2.64. The van der Waals surface area contributed by atoms with Crippen LogP contribution >= 0.6 is 0 Å². The summed E-state index contributed by atoms with van der Waals surface area (Å²) in [6.07, 6.45) is 5.91. The minimum atomic E-state index is -2.10. The molecule has 0 unspecified atom stereocenters. The van der Waals surface area contributed by atoms with Gasteiger partial charge in [0.05, 0.1) is 31.0 Å². The highest BCUT2D eigenvalue weighted by Gasteiger charge is 2.67. The third-order valence-electron chi connectivity index (χ3n) is 8.66. The van der Waals surface area contributed by atoms with Crippen LogP contribution in [0.3, 0.4) is 0 Å². The third kappa shape index (κ3) is 3.66. The Morgan fingerprint density at radius 2 is 1.81 bits per heavy atom. The molecule has 5 nitrogen and oxygen atoms in total. The minimum absolute atomic E-state index is 0.0689. The Kier molecular flexibility index (Phi) is 5.61. The second-order valence-electron chi connectivity index (χ2n) is 12.5. The van der Waals surface area contributed by atoms with Crippen LogP contribution in [0.1, 0.15) is 67.2 Å². The summed E-state index contributed by atoms with van der Waals surface area (Å²) >= 11 is 0. The lowest BCUT2D eigenvalue weighted by Crippen LogP contribution is -2.69. The fourth-order valence-electron chi connectivity index (χ4n) is 5.84. The van der Waals surface area contributed by atoms with Gasteiger partial charge < -0.3 is 18.6 Å². The van der Waals surface area contributed by atoms with Gasteiger partial charge in [0.15, 0.2) is 14.1 Å². The van der Waals surface area contributed by atoms with Crippen LogP contribution in [-0.2, 0) is 23.4 Å². The zero-order valence-corrected chi connectivity index (χ0v) is 21.8. The van der Waals surface area contributed by atoms with Crippen LogP contribution in [0.2, 0.25) is 18.1 Å². The van der Waals surface area contributed by atoms with Crippen LogP contribution in [-0.4, -0.2) is 45.5 Å². The quantitative estimate of drug-likeness (QED) is 0.421. The number of rotatable bonds is 4. The molecular weight excluding hydrogens is 408 g/mol. The average Bonchev–Trinajstić information content (AvgIpc) is 2.65. The van der Waals surface area contributed by atoms with Crippen LogP contribution in [0.5, 0.6) is 0 Å². The lowest BCUT2D eigenvalue weighted by molar-refractivity contribution is -0.348. The molecule has 0 N–H and O–H groups in total. The van der Waals surface area contributed by atoms with E-state index in [-0.39, 0.29) is 22.3 Å². The van der Waals surface area contributed by atoms with E-state index in [4.69, 9.17) is 18.6 Å². The van der Waals surface area contributed by atoms with Crippen molar-refractivity contribution in [3.05, 3.63) is 11.6 Å². The van der Waals surface area contributed by atoms with Gasteiger partial charge in [-0.15, -0.1) is 0 Å². The van der Waals surface area contributed by atoms with Gasteiger partial charge in [0, 0.05) is 23.7 Å². The van der Waals surface area contributed by atoms with Crippen molar-refractivity contribution < 1.29 is 23.4 Å². The summed E-state index contributed by atoms with van der Waals surface area (Å²) in [5.74, 6) is 0.237. The zero-order valence-electron chi connectivity index (χ0n) is 20.8. The molecule has 6 heteroatoms. The van der Waals surface area contributed by atoms with Crippen molar-refractivity contribution in [3.8, 4) is 0 Å². The van der Waals surface area contributed by atoms with Crippen molar-refractivity contribution in [3.63, 3.8) is 0 Å². The Morgan fingerprint density at radius 1 is 1.16 bits per heavy atom. The maximum atomic E-state index is 12.9. The van der Waals surface area contributed by atoms with E-state index in [0.29, 0.717) is 18.4 Å². The molecule has 1 heterocycles. The normalized spacial score (nSPS) is 36.3. The lowest BCUT2D eigenvalue weighted by atomic mass is 9.50. The molecule has 0 radical (unpaired) electrons. The van der Waals surface area contributed by atoms with Gasteiger partial charge in [-0.3, -0.25) is 0 Å². The van der Waals surface area contributed by atoms with Crippen molar-refractivity contribution in [2.75, 3.05) is 19.8 Å². The first-order chi connectivity index (χ1) is 14.3. The largest absolute Gasteiger partial charge is 0.463 e. The predicted octanol–water partition coefficient (Wildman–Crippen LogP) is 5.46. The molecule has 3 aliphatic carbocycles. The standard InChI is InChI=1S/C25H42O5Si/c1-9-27-21(26)20-14-19-13-18-12-17(25(19,20)30-31(7,8)22(2,3)4)10-11-24(18)28-15-23(5,6)16-29-24/h14,17-19H,9-13,15-16H2,1-8H3/t17-,18+,19-,25+/m0/s1. The topological polar surface area (TPSA) is 54.0 Å². The highest BCUT2D eigenvalue weighted by atomic mass is 28.4. The number of hydrogen-bond donors (Lipinski definition) is 0. The fourth-order valence-corrected chi connectivity index (χ4v) is 7.42. The van der Waals surface area contributed by atoms with E-state index in [0.717, 1.165) is 44.5 Å². The Balaban J connectivity index is 1.65. The maximum Gasteiger partial charge on any atom is 0.336 e. The van der Waals surface area contributed by atoms with Crippen molar-refractivity contribution >= 4 is 14.3 Å². The molecule has 0 amide bonds. The first-order valence-corrected chi connectivity index (χ1v) is 15.0. The van der Waals surface area contributed by atoms with Crippen molar-refractivity contribution in [2.24, 2.45) is 23.2 Å². The summed E-state index contributed by atoms with van der Waals surface area (Å²) in [6.45, 7) is 19.6. The van der Waals surface area contributed by atoms with E-state index in [1.807, 2.05) is 6.92 Å². The maximum absolute atomic E-state index is 12.9. The van der Waals surface area contributed by atoms with E-state index >= 15 is 0 Å². The molecule has 4 rings (SSSR count). The summed E-state index contributed by atoms with van der Waals surface area (Å²) in [6, 6.07) is 0. The van der Waals surface area contributed by atoms with Crippen molar-refractivity contribution in [2.45, 2.75) is 96.7 Å². The molecule has 176 valence electrons. The molecule has 4 atom stereocenters. The van der Waals surface area contributed by atoms with Gasteiger partial charge in [0.2, 0.25) is 0 Å². The van der Waals surface area contributed by atoms with Crippen LogP contribution < -0.4 is 0 Å². The molecule has 1 spiro atoms. The fraction of sp³-hybridized carbons (Fsp3) is 0.880. The van der Waals surface area contributed by atoms with Gasteiger partial charge in [0.1, 0.15) is 0 Å². The SMILES string of the molecule is CCOC(=O)C1=C[C@@H]2C[C@H]3C[C@H](CCC34OCC(C)(C)CO4)[C@]12O[Si](C)(C)C(C)(C)C. The summed E-state index contributed by atoms with van der Waals surface area (Å²) in [7, 11) is -2.10. The molecule has 1 saturated heterocycles. The summed E-state index contributed by atoms with van der Waals surface area (Å²) in [5.41, 5.74) is 0.343. The molecule has 0 aromatic carbocycles. The molecule has 2 saturated carbocycles. The average molecular weight is 451 g/mol. The van der Waals surface area contributed by atoms with Gasteiger partial charge >= 0.3 is 5.97 Å². The van der Waals surface area contributed by atoms with Gasteiger partial charge in [-0.25, -0.2) is 4.79 Å². The smallest absolute Gasteiger partial charge is 0.336 e. The van der Waals surface area contributed by atoms with Gasteiger partial charge in [-0.05, 0) is 50.2 Å². The molecule has 4 aliphatic rings. The second kappa shape index (κ2) is 7.41. The van der Waals surface area contributed by atoms with Gasteiger partial charge in [-0.2, -0.15) is 0 Å². The van der Waals surface area contributed by atoms with Crippen LogP contribution in [0.25, 0.3) is 0 Å². The Bertz CT molecular complexity index is 754. The number of carbonyl (C=O) groups excluding carboxylic acids is 1. The second-order valence-corrected chi connectivity index (χ2v) is 17.2. The van der Waals surface area contributed by atoms with E-state index in [2.05, 4.69) is 53.8 Å². The number of fused-ring (bicyclic) bond motifs is 5. The van der Waals surface area contributed by atoms with E-state index < -0.39 is 19.7 Å². The Labute approximate surface area is 189 Å². The van der Waals surface area contributed by atoms with Crippen LogP contribution in [0.4, 0.5) is 0 Å². The Morgan fingerprint density at radius 3 is 2.39 bits per heavy atom. The summed E-state index contributed by atoms with van der Waals surface area (Å²) in [4.78, 5) is 12.9. The monoisotopic (exact) mass is 450 g/mol. The summed E-state index contributed by atoms with van der Waals surface area (Å²) < 4.78 is 25.6. The van der Waals surface area contributed by atoms with Crippen LogP contribution in [0, 0.1) is 23.2 Å². The molecule has 31 heavy (non-hydrogen) atoms. The molecule has 2 bridgehead atoms. The molecule has 3 fully saturated rings. The van der Waals surface area contributed by atoms with Crippen molar-refractivity contribution in [1.82, 2.24) is 0 Å². The molecular formula is C25H42O5Si. The first kappa shape index (κ1) is 23.5. The molecule has 0 aromatic heterocycles. The van der Waals surface area contributed by atoms with Gasteiger partial charge in [-0.1, -0.05) is 40.7 Å². The predicted molar refractivity (Wildman–Crippen MR) is 123 cm³/mol. The number of ether oxygens (including phenoxy) is 3. The van der Waals surface area contributed by atoms with E-state index in [9.17, 15) is 4.79 Å². The highest BCUT2D eigenvalue weighted by molar-refractivity contribution is 6.74. The third-order valence-corrected chi connectivity index (χ3v) is 13.1.